The van der Waals surface area contributed by atoms with Crippen LogP contribution < -0.4 is 0 Å². The maximum Gasteiger partial charge on any atom is 0.409 e. The third-order valence-electron chi connectivity index (χ3n) is 1.43. The molecule has 0 radical (unpaired) electrons. The molecule has 0 atom stereocenters. The molecule has 1 heterocycles. The average Bonchev–Trinajstić information content (AvgIpc) is 2.26. The van der Waals surface area contributed by atoms with Crippen molar-refractivity contribution in [3.63, 3.8) is 0 Å². The maximum atomic E-state index is 11.9. The quantitative estimate of drug-likeness (QED) is 0.549. The number of aromatic nitrogens is 2. The van der Waals surface area contributed by atoms with Gasteiger partial charge in [0.25, 0.3) is 0 Å². The summed E-state index contributed by atoms with van der Waals surface area (Å²) in [5.74, 6) is -0.547. The van der Waals surface area contributed by atoms with Gasteiger partial charge in [-0.1, -0.05) is 0 Å². The van der Waals surface area contributed by atoms with E-state index in [0.29, 0.717) is 4.68 Å². The van der Waals surface area contributed by atoms with Crippen molar-refractivity contribution < 1.29 is 18.1 Å². The number of rotatable bonds is 2. The summed E-state index contributed by atoms with van der Waals surface area (Å²) in [6, 6.07) is 0. The molecule has 0 aliphatic carbocycles. The lowest BCUT2D eigenvalue weighted by atomic mass is 10.4. The summed E-state index contributed by atoms with van der Waals surface area (Å²) in [5.41, 5.74) is 0.110. The van der Waals surface area contributed by atoms with E-state index >= 15 is 0 Å². The second-order valence-electron chi connectivity index (χ2n) is 2.71. The highest BCUT2D eigenvalue weighted by molar-refractivity contribution is 5.27. The minimum Gasteiger partial charge on any atom is -0.358 e. The molecule has 0 N–H and O–H groups in total. The summed E-state index contributed by atoms with van der Waals surface area (Å²) in [6.07, 6.45) is -3.43. The standard InChI is InChI=1S/C6H6F3N3O2/c1-4-2-11(3-6(7,8)9)10-5(4)12(13)14/h2H,3H2,1H3. The molecule has 0 saturated heterocycles. The Bertz CT molecular complexity index is 358. The molecule has 8 heteroatoms. The molecule has 0 aliphatic heterocycles. The number of nitro groups is 1. The van der Waals surface area contributed by atoms with Crippen LogP contribution in [0.15, 0.2) is 6.20 Å². The highest BCUT2D eigenvalue weighted by atomic mass is 19.4. The van der Waals surface area contributed by atoms with Crippen LogP contribution in [0.5, 0.6) is 0 Å². The molecule has 0 bridgehead atoms. The lowest BCUT2D eigenvalue weighted by molar-refractivity contribution is -0.390. The minimum absolute atomic E-state index is 0.110. The smallest absolute Gasteiger partial charge is 0.358 e. The Morgan fingerprint density at radius 3 is 2.57 bits per heavy atom. The van der Waals surface area contributed by atoms with Crippen LogP contribution in [-0.2, 0) is 6.54 Å². The second kappa shape index (κ2) is 3.28. The van der Waals surface area contributed by atoms with E-state index in [4.69, 9.17) is 0 Å². The fourth-order valence-corrected chi connectivity index (χ4v) is 0.956. The lowest BCUT2D eigenvalue weighted by Gasteiger charge is -2.01. The fraction of sp³-hybridized carbons (Fsp3) is 0.500. The molecule has 5 nitrogen and oxygen atoms in total. The zero-order valence-electron chi connectivity index (χ0n) is 7.08. The first-order chi connectivity index (χ1) is 6.29. The summed E-state index contributed by atoms with van der Waals surface area (Å²) < 4.78 is 36.1. The van der Waals surface area contributed by atoms with Crippen molar-refractivity contribution in [2.75, 3.05) is 0 Å². The number of hydrogen-bond acceptors (Lipinski definition) is 3. The summed E-state index contributed by atoms with van der Waals surface area (Å²) in [5, 5.41) is 13.4. The average molecular weight is 209 g/mol. The molecule has 0 fully saturated rings. The lowest BCUT2D eigenvalue weighted by Crippen LogP contribution is -2.18. The van der Waals surface area contributed by atoms with Crippen LogP contribution in [0, 0.1) is 17.0 Å². The summed E-state index contributed by atoms with van der Waals surface area (Å²) >= 11 is 0. The van der Waals surface area contributed by atoms with Gasteiger partial charge in [-0.25, -0.2) is 0 Å². The van der Waals surface area contributed by atoms with Crippen molar-refractivity contribution in [2.24, 2.45) is 0 Å². The van der Waals surface area contributed by atoms with Gasteiger partial charge in [-0.2, -0.15) is 17.9 Å². The molecule has 0 aromatic carbocycles. The zero-order valence-corrected chi connectivity index (χ0v) is 7.08. The first kappa shape index (κ1) is 10.5. The summed E-state index contributed by atoms with van der Waals surface area (Å²) in [6.45, 7) is 0.0136. The van der Waals surface area contributed by atoms with Crippen LogP contribution >= 0.6 is 0 Å². The third-order valence-corrected chi connectivity index (χ3v) is 1.43. The van der Waals surface area contributed by atoms with Crippen molar-refractivity contribution in [1.82, 2.24) is 9.78 Å². The highest BCUT2D eigenvalue weighted by Gasteiger charge is 2.31. The molecule has 14 heavy (non-hydrogen) atoms. The summed E-state index contributed by atoms with van der Waals surface area (Å²) in [4.78, 5) is 9.43. The minimum atomic E-state index is -4.42. The number of halogens is 3. The first-order valence-electron chi connectivity index (χ1n) is 3.55. The van der Waals surface area contributed by atoms with Crippen LogP contribution in [0.3, 0.4) is 0 Å². The van der Waals surface area contributed by atoms with Crippen molar-refractivity contribution in [3.05, 3.63) is 21.9 Å². The Morgan fingerprint density at radius 1 is 1.64 bits per heavy atom. The Balaban J connectivity index is 2.92. The Morgan fingerprint density at radius 2 is 2.21 bits per heavy atom. The van der Waals surface area contributed by atoms with Gasteiger partial charge < -0.3 is 10.1 Å². The van der Waals surface area contributed by atoms with Crippen molar-refractivity contribution >= 4 is 5.82 Å². The number of hydrogen-bond donors (Lipinski definition) is 0. The third kappa shape index (κ3) is 2.44. The molecule has 0 spiro atoms. The molecule has 1 aromatic rings. The van der Waals surface area contributed by atoms with Gasteiger partial charge in [-0.15, -0.1) is 0 Å². The van der Waals surface area contributed by atoms with Crippen LogP contribution in [0.4, 0.5) is 19.0 Å². The van der Waals surface area contributed by atoms with Gasteiger partial charge in [0.2, 0.25) is 0 Å². The molecular formula is C6H6F3N3O2. The number of nitrogens with zero attached hydrogens (tertiary/aromatic N) is 3. The highest BCUT2D eigenvalue weighted by Crippen LogP contribution is 2.20. The molecule has 78 valence electrons. The van der Waals surface area contributed by atoms with E-state index in [1.807, 2.05) is 0 Å². The largest absolute Gasteiger partial charge is 0.409 e. The van der Waals surface area contributed by atoms with Crippen molar-refractivity contribution in [3.8, 4) is 0 Å². The SMILES string of the molecule is Cc1cn(CC(F)(F)F)nc1[N+](=O)[O-]. The van der Waals surface area contributed by atoms with Crippen molar-refractivity contribution in [1.29, 1.82) is 0 Å². The Hall–Kier alpha value is -1.60. The first-order valence-corrected chi connectivity index (χ1v) is 3.55. The number of aryl methyl sites for hydroxylation is 1. The predicted octanol–water partition coefficient (Wildman–Crippen LogP) is 1.66. The van der Waals surface area contributed by atoms with E-state index in [1.54, 1.807) is 0 Å². The fourth-order valence-electron chi connectivity index (χ4n) is 0.956. The molecule has 1 aromatic heterocycles. The van der Waals surface area contributed by atoms with E-state index in [-0.39, 0.29) is 5.56 Å². The Labute approximate surface area is 76.3 Å². The monoisotopic (exact) mass is 209 g/mol. The predicted molar refractivity (Wildman–Crippen MR) is 39.7 cm³/mol. The second-order valence-corrected chi connectivity index (χ2v) is 2.71. The molecule has 1 rings (SSSR count). The van der Waals surface area contributed by atoms with Gasteiger partial charge in [0, 0.05) is 0 Å². The Kier molecular flexibility index (Phi) is 2.45. The molecule has 0 amide bonds. The van der Waals surface area contributed by atoms with E-state index < -0.39 is 23.5 Å². The molecule has 0 aliphatic rings. The van der Waals surface area contributed by atoms with E-state index in [2.05, 4.69) is 5.10 Å². The van der Waals surface area contributed by atoms with Crippen molar-refractivity contribution in [2.45, 2.75) is 19.6 Å². The summed E-state index contributed by atoms with van der Waals surface area (Å²) in [7, 11) is 0. The van der Waals surface area contributed by atoms with E-state index in [1.165, 1.54) is 6.92 Å². The molecule has 0 saturated carbocycles. The normalized spacial score (nSPS) is 11.7. The van der Waals surface area contributed by atoms with Gasteiger partial charge in [0.15, 0.2) is 6.54 Å². The van der Waals surface area contributed by atoms with Crippen LogP contribution in [-0.4, -0.2) is 20.9 Å². The van der Waals surface area contributed by atoms with Gasteiger partial charge in [-0.05, 0) is 11.8 Å². The van der Waals surface area contributed by atoms with E-state index in [0.717, 1.165) is 6.20 Å². The molecular weight excluding hydrogens is 203 g/mol. The zero-order chi connectivity index (χ0) is 10.9. The number of alkyl halides is 3. The van der Waals surface area contributed by atoms with E-state index in [9.17, 15) is 23.3 Å². The van der Waals surface area contributed by atoms with Crippen LogP contribution in [0.25, 0.3) is 0 Å². The molecule has 0 unspecified atom stereocenters. The van der Waals surface area contributed by atoms with Crippen LogP contribution in [0.2, 0.25) is 0 Å². The van der Waals surface area contributed by atoms with Gasteiger partial charge >= 0.3 is 12.0 Å². The van der Waals surface area contributed by atoms with Crippen LogP contribution in [0.1, 0.15) is 5.56 Å². The van der Waals surface area contributed by atoms with Gasteiger partial charge in [0.1, 0.15) is 0 Å². The maximum absolute atomic E-state index is 11.9. The van der Waals surface area contributed by atoms with Gasteiger partial charge in [-0.3, -0.25) is 0 Å². The van der Waals surface area contributed by atoms with Gasteiger partial charge in [0.05, 0.1) is 16.9 Å². The topological polar surface area (TPSA) is 61.0 Å².